The van der Waals surface area contributed by atoms with Crippen molar-refractivity contribution in [1.82, 2.24) is 9.29 Å². The van der Waals surface area contributed by atoms with Gasteiger partial charge in [0, 0.05) is 37.4 Å². The highest BCUT2D eigenvalue weighted by atomic mass is 32.2. The number of fused-ring (bicyclic) bond motifs is 5. The van der Waals surface area contributed by atoms with Crippen molar-refractivity contribution < 1.29 is 17.6 Å². The van der Waals surface area contributed by atoms with E-state index in [0.717, 1.165) is 5.56 Å². The highest BCUT2D eigenvalue weighted by molar-refractivity contribution is 7.89. The molecular formula is C18H18N2O4S. The molecule has 0 saturated carbocycles. The Balaban J connectivity index is 1.39. The Hall–Kier alpha value is -1.96. The molecule has 2 fully saturated rings. The lowest BCUT2D eigenvalue weighted by Gasteiger charge is -2.18. The van der Waals surface area contributed by atoms with Crippen LogP contribution in [0.3, 0.4) is 0 Å². The van der Waals surface area contributed by atoms with Crippen molar-refractivity contribution in [3.8, 4) is 11.3 Å². The third-order valence-electron chi connectivity index (χ3n) is 5.43. The lowest BCUT2D eigenvalue weighted by Crippen LogP contribution is -2.31. The number of ether oxygens (including phenoxy) is 1. The molecule has 5 rings (SSSR count). The fourth-order valence-electron chi connectivity index (χ4n) is 4.13. The summed E-state index contributed by atoms with van der Waals surface area (Å²) in [5, 5.41) is 0. The molecule has 2 aromatic rings. The summed E-state index contributed by atoms with van der Waals surface area (Å²) in [5.41, 5.74) is 1.54. The first-order chi connectivity index (χ1) is 12.0. The summed E-state index contributed by atoms with van der Waals surface area (Å²) in [7, 11) is -3.49. The van der Waals surface area contributed by atoms with E-state index in [1.165, 1.54) is 0 Å². The molecule has 0 aliphatic carbocycles. The van der Waals surface area contributed by atoms with Crippen LogP contribution in [0.2, 0.25) is 0 Å². The summed E-state index contributed by atoms with van der Waals surface area (Å²) in [6.45, 7) is 2.84. The summed E-state index contributed by atoms with van der Waals surface area (Å²) < 4.78 is 38.6. The van der Waals surface area contributed by atoms with Crippen molar-refractivity contribution in [2.45, 2.75) is 24.0 Å². The zero-order valence-corrected chi connectivity index (χ0v) is 14.5. The second-order valence-electron chi connectivity index (χ2n) is 6.88. The molecule has 0 N–H and O–H groups in total. The van der Waals surface area contributed by atoms with Crippen LogP contribution in [0.15, 0.2) is 52.0 Å². The zero-order chi connectivity index (χ0) is 17.2. The van der Waals surface area contributed by atoms with Crippen LogP contribution in [0, 0.1) is 18.8 Å². The third-order valence-corrected chi connectivity index (χ3v) is 7.28. The number of benzene rings is 1. The van der Waals surface area contributed by atoms with Gasteiger partial charge in [-0.15, -0.1) is 0 Å². The molecule has 130 valence electrons. The molecule has 0 amide bonds. The summed E-state index contributed by atoms with van der Waals surface area (Å²) in [6, 6.07) is 6.84. The van der Waals surface area contributed by atoms with E-state index in [-0.39, 0.29) is 24.0 Å². The van der Waals surface area contributed by atoms with Crippen molar-refractivity contribution in [3.63, 3.8) is 0 Å². The predicted octanol–water partition coefficient (Wildman–Crippen LogP) is 2.22. The summed E-state index contributed by atoms with van der Waals surface area (Å²) in [4.78, 5) is 4.58. The van der Waals surface area contributed by atoms with E-state index < -0.39 is 10.0 Å². The Morgan fingerprint density at radius 1 is 1.08 bits per heavy atom. The molecule has 3 aliphatic heterocycles. The minimum absolute atomic E-state index is 0.0768. The Morgan fingerprint density at radius 2 is 1.72 bits per heavy atom. The normalized spacial score (nSPS) is 30.9. The number of oxazole rings is 1. The lowest BCUT2D eigenvalue weighted by molar-refractivity contribution is 0.0929. The van der Waals surface area contributed by atoms with Gasteiger partial charge in [-0.1, -0.05) is 24.3 Å². The van der Waals surface area contributed by atoms with Crippen LogP contribution in [-0.4, -0.2) is 43.0 Å². The SMILES string of the molecule is Cc1nc(-c2ccc(S(=O)(=O)N3CC4C5C=CC(O5)C4C3)cc2)co1. The number of hydrogen-bond acceptors (Lipinski definition) is 5. The molecule has 3 aliphatic rings. The molecular weight excluding hydrogens is 340 g/mol. The molecule has 0 spiro atoms. The molecule has 1 aromatic carbocycles. The van der Waals surface area contributed by atoms with Gasteiger partial charge in [0.05, 0.1) is 17.1 Å². The van der Waals surface area contributed by atoms with Crippen molar-refractivity contribution in [2.75, 3.05) is 13.1 Å². The standard InChI is InChI=1S/C18H18N2O4S/c1-11-19-16(10-23-11)12-2-4-13(5-3-12)25(21,22)20-8-14-15(9-20)18-7-6-17(14)24-18/h2-7,10,14-15,17-18H,8-9H2,1H3. The number of rotatable bonds is 3. The zero-order valence-electron chi connectivity index (χ0n) is 13.7. The predicted molar refractivity (Wildman–Crippen MR) is 90.2 cm³/mol. The van der Waals surface area contributed by atoms with E-state index in [2.05, 4.69) is 17.1 Å². The van der Waals surface area contributed by atoms with Crippen LogP contribution in [-0.2, 0) is 14.8 Å². The van der Waals surface area contributed by atoms with Crippen LogP contribution in [0.1, 0.15) is 5.89 Å². The van der Waals surface area contributed by atoms with E-state index in [0.29, 0.717) is 29.6 Å². The number of sulfonamides is 1. The van der Waals surface area contributed by atoms with Gasteiger partial charge in [0.1, 0.15) is 12.0 Å². The number of aromatic nitrogens is 1. The van der Waals surface area contributed by atoms with Crippen LogP contribution in [0.25, 0.3) is 11.3 Å². The molecule has 4 heterocycles. The van der Waals surface area contributed by atoms with Crippen molar-refractivity contribution >= 4 is 10.0 Å². The maximum absolute atomic E-state index is 13.0. The van der Waals surface area contributed by atoms with Crippen molar-refractivity contribution in [2.24, 2.45) is 11.8 Å². The molecule has 7 heteroatoms. The Morgan fingerprint density at radius 3 is 2.28 bits per heavy atom. The molecule has 4 atom stereocenters. The maximum Gasteiger partial charge on any atom is 0.243 e. The van der Waals surface area contributed by atoms with Crippen LogP contribution >= 0.6 is 0 Å². The first-order valence-electron chi connectivity index (χ1n) is 8.39. The quantitative estimate of drug-likeness (QED) is 0.787. The third kappa shape index (κ3) is 2.30. The monoisotopic (exact) mass is 358 g/mol. The van der Waals surface area contributed by atoms with Crippen molar-refractivity contribution in [3.05, 3.63) is 48.6 Å². The van der Waals surface area contributed by atoms with Gasteiger partial charge < -0.3 is 9.15 Å². The van der Waals surface area contributed by atoms with E-state index in [1.54, 1.807) is 41.8 Å². The smallest absolute Gasteiger partial charge is 0.243 e. The number of nitrogens with zero attached hydrogens (tertiary/aromatic N) is 2. The van der Waals surface area contributed by atoms with Gasteiger partial charge in [-0.2, -0.15) is 4.31 Å². The first-order valence-corrected chi connectivity index (χ1v) is 9.83. The first kappa shape index (κ1) is 15.3. The van der Waals surface area contributed by atoms with Crippen LogP contribution < -0.4 is 0 Å². The Kier molecular flexibility index (Phi) is 3.22. The van der Waals surface area contributed by atoms with Gasteiger partial charge in [0.25, 0.3) is 0 Å². The van der Waals surface area contributed by atoms with Gasteiger partial charge in [0.15, 0.2) is 5.89 Å². The molecule has 0 radical (unpaired) electrons. The largest absolute Gasteiger partial charge is 0.449 e. The average Bonchev–Trinajstić information content (AvgIpc) is 3.36. The highest BCUT2D eigenvalue weighted by Gasteiger charge is 2.52. The topological polar surface area (TPSA) is 72.6 Å². The maximum atomic E-state index is 13.0. The Labute approximate surface area is 146 Å². The highest BCUT2D eigenvalue weighted by Crippen LogP contribution is 2.44. The second kappa shape index (κ2) is 5.27. The average molecular weight is 358 g/mol. The van der Waals surface area contributed by atoms with Gasteiger partial charge in [-0.3, -0.25) is 0 Å². The van der Waals surface area contributed by atoms with Crippen LogP contribution in [0.4, 0.5) is 0 Å². The molecule has 6 nitrogen and oxygen atoms in total. The fourth-order valence-corrected chi connectivity index (χ4v) is 5.64. The van der Waals surface area contributed by atoms with Gasteiger partial charge in [-0.05, 0) is 12.1 Å². The van der Waals surface area contributed by atoms with E-state index in [1.807, 2.05) is 0 Å². The fraction of sp³-hybridized carbons (Fsp3) is 0.389. The molecule has 1 aromatic heterocycles. The molecule has 2 bridgehead atoms. The van der Waals surface area contributed by atoms with Crippen LogP contribution in [0.5, 0.6) is 0 Å². The molecule has 25 heavy (non-hydrogen) atoms. The van der Waals surface area contributed by atoms with Crippen molar-refractivity contribution in [1.29, 1.82) is 0 Å². The minimum Gasteiger partial charge on any atom is -0.449 e. The second-order valence-corrected chi connectivity index (χ2v) is 8.81. The van der Waals surface area contributed by atoms with E-state index in [9.17, 15) is 8.42 Å². The van der Waals surface area contributed by atoms with Gasteiger partial charge >= 0.3 is 0 Å². The molecule has 2 saturated heterocycles. The minimum atomic E-state index is -3.49. The summed E-state index contributed by atoms with van der Waals surface area (Å²) >= 11 is 0. The number of hydrogen-bond donors (Lipinski definition) is 0. The summed E-state index contributed by atoms with van der Waals surface area (Å²) in [6.07, 6.45) is 5.86. The molecule has 4 unspecified atom stereocenters. The lowest BCUT2D eigenvalue weighted by atomic mass is 9.86. The summed E-state index contributed by atoms with van der Waals surface area (Å²) in [5.74, 6) is 1.14. The Bertz CT molecular complexity index is 928. The van der Waals surface area contributed by atoms with Gasteiger partial charge in [0.2, 0.25) is 10.0 Å². The van der Waals surface area contributed by atoms with E-state index >= 15 is 0 Å². The van der Waals surface area contributed by atoms with Gasteiger partial charge in [-0.25, -0.2) is 13.4 Å². The van der Waals surface area contributed by atoms with E-state index in [4.69, 9.17) is 9.15 Å². The number of aryl methyl sites for hydroxylation is 1.